The van der Waals surface area contributed by atoms with Crippen molar-refractivity contribution in [2.45, 2.75) is 38.9 Å². The summed E-state index contributed by atoms with van der Waals surface area (Å²) in [5.41, 5.74) is 2.25. The van der Waals surface area contributed by atoms with E-state index in [9.17, 15) is 4.79 Å². The summed E-state index contributed by atoms with van der Waals surface area (Å²) in [5.74, 6) is 0. The first-order valence-electron chi connectivity index (χ1n) is 9.77. The monoisotopic (exact) mass is 419 g/mol. The lowest BCUT2D eigenvalue weighted by molar-refractivity contribution is 0.171. The van der Waals surface area contributed by atoms with Gasteiger partial charge < -0.3 is 10.2 Å². The van der Waals surface area contributed by atoms with Gasteiger partial charge in [0.05, 0.1) is 10.0 Å². The Hall–Kier alpha value is -1.75. The number of amides is 2. The average molecular weight is 420 g/mol. The van der Waals surface area contributed by atoms with Crippen LogP contribution in [-0.4, -0.2) is 41.5 Å². The molecule has 2 amide bonds. The fourth-order valence-electron chi connectivity index (χ4n) is 3.81. The molecule has 1 fully saturated rings. The molecule has 2 unspecified atom stereocenters. The molecular formula is C22H27Cl2N3O. The summed E-state index contributed by atoms with van der Waals surface area (Å²) in [4.78, 5) is 17.2. The molecule has 0 saturated carbocycles. The Labute approximate surface area is 177 Å². The van der Waals surface area contributed by atoms with E-state index in [0.29, 0.717) is 29.2 Å². The molecule has 1 heterocycles. The summed E-state index contributed by atoms with van der Waals surface area (Å²) in [7, 11) is 0. The van der Waals surface area contributed by atoms with Crippen LogP contribution in [0.4, 0.5) is 4.79 Å². The van der Waals surface area contributed by atoms with Gasteiger partial charge in [0, 0.05) is 38.3 Å². The maximum atomic E-state index is 12.8. The Balaban J connectivity index is 1.57. The van der Waals surface area contributed by atoms with E-state index in [4.69, 9.17) is 23.2 Å². The molecule has 0 aliphatic carbocycles. The highest BCUT2D eigenvalue weighted by molar-refractivity contribution is 6.42. The number of carbonyl (C=O) groups excluding carboxylic acids is 1. The van der Waals surface area contributed by atoms with Gasteiger partial charge in [0.1, 0.15) is 0 Å². The maximum Gasteiger partial charge on any atom is 0.317 e. The van der Waals surface area contributed by atoms with Gasteiger partial charge in [-0.25, -0.2) is 4.79 Å². The third-order valence-corrected chi connectivity index (χ3v) is 6.23. The number of hydrogen-bond acceptors (Lipinski definition) is 2. The number of nitrogens with one attached hydrogen (secondary N) is 1. The van der Waals surface area contributed by atoms with Crippen molar-refractivity contribution in [3.05, 3.63) is 69.7 Å². The van der Waals surface area contributed by atoms with Crippen LogP contribution < -0.4 is 5.32 Å². The molecule has 0 radical (unpaired) electrons. The van der Waals surface area contributed by atoms with E-state index in [-0.39, 0.29) is 12.1 Å². The van der Waals surface area contributed by atoms with Crippen LogP contribution in [0.3, 0.4) is 0 Å². The van der Waals surface area contributed by atoms with Crippen LogP contribution in [0.5, 0.6) is 0 Å². The summed E-state index contributed by atoms with van der Waals surface area (Å²) in [6, 6.07) is 16.5. The summed E-state index contributed by atoms with van der Waals surface area (Å²) in [5, 5.41) is 4.04. The van der Waals surface area contributed by atoms with E-state index in [1.807, 2.05) is 24.0 Å². The molecule has 6 heteroatoms. The highest BCUT2D eigenvalue weighted by atomic mass is 35.5. The number of nitrogens with zero attached hydrogens (tertiary/aromatic N) is 2. The van der Waals surface area contributed by atoms with Crippen molar-refractivity contribution in [2.75, 3.05) is 19.6 Å². The molecule has 0 spiro atoms. The van der Waals surface area contributed by atoms with Crippen LogP contribution in [0.1, 0.15) is 37.4 Å². The molecule has 150 valence electrons. The average Bonchev–Trinajstić information content (AvgIpc) is 3.19. The van der Waals surface area contributed by atoms with Crippen molar-refractivity contribution >= 4 is 29.2 Å². The number of urea groups is 1. The predicted molar refractivity (Wildman–Crippen MR) is 116 cm³/mol. The summed E-state index contributed by atoms with van der Waals surface area (Å²) in [6.07, 6.45) is 0.991. The van der Waals surface area contributed by atoms with Gasteiger partial charge in [-0.05, 0) is 43.5 Å². The van der Waals surface area contributed by atoms with Crippen LogP contribution in [0.15, 0.2) is 48.5 Å². The summed E-state index contributed by atoms with van der Waals surface area (Å²) < 4.78 is 0. The van der Waals surface area contributed by atoms with Gasteiger partial charge in [0.25, 0.3) is 0 Å². The zero-order valence-electron chi connectivity index (χ0n) is 16.4. The van der Waals surface area contributed by atoms with E-state index < -0.39 is 0 Å². The molecule has 2 aromatic carbocycles. The van der Waals surface area contributed by atoms with Crippen molar-refractivity contribution in [1.29, 1.82) is 0 Å². The Morgan fingerprint density at radius 2 is 1.96 bits per heavy atom. The fraction of sp³-hybridized carbons (Fsp3) is 0.409. The lowest BCUT2D eigenvalue weighted by atomic mass is 10.1. The molecule has 1 saturated heterocycles. The van der Waals surface area contributed by atoms with Crippen LogP contribution in [0.2, 0.25) is 10.0 Å². The summed E-state index contributed by atoms with van der Waals surface area (Å²) >= 11 is 12.0. The molecule has 0 aromatic heterocycles. The SMILES string of the molecule is CCN(C(=O)NCc1ccc(Cl)c(Cl)c1)C1CCN(C(C)c2ccccc2)C1. The fourth-order valence-corrected chi connectivity index (χ4v) is 4.13. The van der Waals surface area contributed by atoms with Gasteiger partial charge in [-0.1, -0.05) is 59.6 Å². The highest BCUT2D eigenvalue weighted by Gasteiger charge is 2.32. The normalized spacial score (nSPS) is 18.1. The number of benzene rings is 2. The number of rotatable bonds is 6. The first-order chi connectivity index (χ1) is 13.5. The van der Waals surface area contributed by atoms with E-state index in [1.54, 1.807) is 12.1 Å². The Bertz CT molecular complexity index is 800. The van der Waals surface area contributed by atoms with Gasteiger partial charge >= 0.3 is 6.03 Å². The van der Waals surface area contributed by atoms with Crippen LogP contribution in [0, 0.1) is 0 Å². The molecule has 2 atom stereocenters. The topological polar surface area (TPSA) is 35.6 Å². The third-order valence-electron chi connectivity index (χ3n) is 5.49. The van der Waals surface area contributed by atoms with Crippen molar-refractivity contribution in [2.24, 2.45) is 0 Å². The Morgan fingerprint density at radius 3 is 2.64 bits per heavy atom. The summed E-state index contributed by atoms with van der Waals surface area (Å²) in [6.45, 7) is 7.27. The molecule has 0 bridgehead atoms. The quantitative estimate of drug-likeness (QED) is 0.683. The van der Waals surface area contributed by atoms with Crippen molar-refractivity contribution in [3.8, 4) is 0 Å². The van der Waals surface area contributed by atoms with Crippen molar-refractivity contribution in [3.63, 3.8) is 0 Å². The third kappa shape index (κ3) is 4.99. The molecule has 1 N–H and O–H groups in total. The smallest absolute Gasteiger partial charge is 0.317 e. The molecule has 1 aliphatic rings. The second kappa shape index (κ2) is 9.64. The molecule has 2 aromatic rings. The van der Waals surface area contributed by atoms with Crippen molar-refractivity contribution in [1.82, 2.24) is 15.1 Å². The predicted octanol–water partition coefficient (Wildman–Crippen LogP) is 5.36. The van der Waals surface area contributed by atoms with Gasteiger partial charge in [-0.15, -0.1) is 0 Å². The maximum absolute atomic E-state index is 12.8. The minimum absolute atomic E-state index is 0.0345. The number of halogens is 2. The largest absolute Gasteiger partial charge is 0.334 e. The van der Waals surface area contributed by atoms with E-state index >= 15 is 0 Å². The molecule has 28 heavy (non-hydrogen) atoms. The van der Waals surface area contributed by atoms with E-state index in [2.05, 4.69) is 41.4 Å². The number of carbonyl (C=O) groups is 1. The minimum Gasteiger partial charge on any atom is -0.334 e. The Morgan fingerprint density at radius 1 is 1.21 bits per heavy atom. The van der Waals surface area contributed by atoms with Gasteiger partial charge in [0.2, 0.25) is 0 Å². The lowest BCUT2D eigenvalue weighted by Crippen LogP contribution is -2.47. The molecule has 4 nitrogen and oxygen atoms in total. The van der Waals surface area contributed by atoms with Crippen LogP contribution >= 0.6 is 23.2 Å². The van der Waals surface area contributed by atoms with Gasteiger partial charge in [-0.3, -0.25) is 4.90 Å². The number of likely N-dealkylation sites (N-methyl/N-ethyl adjacent to an activating group) is 1. The molecule has 1 aliphatic heterocycles. The van der Waals surface area contributed by atoms with Crippen molar-refractivity contribution < 1.29 is 4.79 Å². The molecular weight excluding hydrogens is 393 g/mol. The zero-order chi connectivity index (χ0) is 20.1. The lowest BCUT2D eigenvalue weighted by Gasteiger charge is -2.30. The van der Waals surface area contributed by atoms with Gasteiger partial charge in [0.15, 0.2) is 0 Å². The zero-order valence-corrected chi connectivity index (χ0v) is 17.9. The second-order valence-corrected chi connectivity index (χ2v) is 8.03. The first kappa shape index (κ1) is 21.0. The van der Waals surface area contributed by atoms with Crippen LogP contribution in [0.25, 0.3) is 0 Å². The van der Waals surface area contributed by atoms with E-state index in [1.165, 1.54) is 5.56 Å². The Kier molecular flexibility index (Phi) is 7.22. The second-order valence-electron chi connectivity index (χ2n) is 7.22. The minimum atomic E-state index is -0.0345. The van der Waals surface area contributed by atoms with Gasteiger partial charge in [-0.2, -0.15) is 0 Å². The number of hydrogen-bond donors (Lipinski definition) is 1. The van der Waals surface area contributed by atoms with Crippen LogP contribution in [-0.2, 0) is 6.54 Å². The standard InChI is InChI=1S/C22H27Cl2N3O/c1-3-27(22(28)25-14-17-9-10-20(23)21(24)13-17)19-11-12-26(15-19)16(2)18-7-5-4-6-8-18/h4-10,13,16,19H,3,11-12,14-15H2,1-2H3,(H,25,28). The number of likely N-dealkylation sites (tertiary alicyclic amines) is 1. The van der Waals surface area contributed by atoms with E-state index in [0.717, 1.165) is 25.1 Å². The molecule has 3 rings (SSSR count). The first-order valence-corrected chi connectivity index (χ1v) is 10.5. The highest BCUT2D eigenvalue weighted by Crippen LogP contribution is 2.27.